The highest BCUT2D eigenvalue weighted by Gasteiger charge is 2.09. The largest absolute Gasteiger partial charge is 0.351 e. The van der Waals surface area contributed by atoms with Crippen molar-refractivity contribution in [3.63, 3.8) is 0 Å². The van der Waals surface area contributed by atoms with Crippen LogP contribution in [-0.4, -0.2) is 16.0 Å². The van der Waals surface area contributed by atoms with Gasteiger partial charge in [0.1, 0.15) is 0 Å². The van der Waals surface area contributed by atoms with Crippen LogP contribution in [0.4, 0.5) is 5.95 Å². The molecule has 3 nitrogen and oxygen atoms in total. The highest BCUT2D eigenvalue weighted by Crippen LogP contribution is 2.14. The maximum absolute atomic E-state index is 4.23. The quantitative estimate of drug-likeness (QED) is 0.725. The van der Waals surface area contributed by atoms with Crippen molar-refractivity contribution in [3.8, 4) is 0 Å². The minimum atomic E-state index is 0.503. The standard InChI is InChI=1S/C11H15N3/c1-9-7-12-11(13-8-9)14-10-5-3-2-4-6-10/h2-3,7-8,10H,4-6H2,1H3,(H,12,13,14). The van der Waals surface area contributed by atoms with Gasteiger partial charge in [0.25, 0.3) is 0 Å². The van der Waals surface area contributed by atoms with Crippen molar-refractivity contribution in [2.24, 2.45) is 0 Å². The second kappa shape index (κ2) is 4.22. The normalized spacial score (nSPS) is 20.8. The van der Waals surface area contributed by atoms with E-state index in [1.165, 1.54) is 6.42 Å². The van der Waals surface area contributed by atoms with E-state index in [2.05, 4.69) is 27.4 Å². The first-order chi connectivity index (χ1) is 6.84. The van der Waals surface area contributed by atoms with Gasteiger partial charge in [-0.15, -0.1) is 0 Å². The van der Waals surface area contributed by atoms with E-state index in [9.17, 15) is 0 Å². The van der Waals surface area contributed by atoms with Gasteiger partial charge in [-0.25, -0.2) is 9.97 Å². The molecule has 1 unspecified atom stereocenters. The van der Waals surface area contributed by atoms with Crippen LogP contribution in [-0.2, 0) is 0 Å². The van der Waals surface area contributed by atoms with Crippen molar-refractivity contribution in [3.05, 3.63) is 30.1 Å². The van der Waals surface area contributed by atoms with Crippen LogP contribution in [0.2, 0.25) is 0 Å². The Labute approximate surface area is 84.3 Å². The van der Waals surface area contributed by atoms with Crippen LogP contribution in [0.15, 0.2) is 24.5 Å². The lowest BCUT2D eigenvalue weighted by Gasteiger charge is -2.18. The van der Waals surface area contributed by atoms with E-state index in [1.807, 2.05) is 19.3 Å². The van der Waals surface area contributed by atoms with Crippen molar-refractivity contribution in [1.29, 1.82) is 0 Å². The first kappa shape index (κ1) is 9.19. The van der Waals surface area contributed by atoms with E-state index < -0.39 is 0 Å². The zero-order valence-electron chi connectivity index (χ0n) is 8.40. The van der Waals surface area contributed by atoms with E-state index in [0.717, 1.165) is 24.4 Å². The third kappa shape index (κ3) is 2.31. The highest BCUT2D eigenvalue weighted by molar-refractivity contribution is 5.26. The van der Waals surface area contributed by atoms with Crippen LogP contribution >= 0.6 is 0 Å². The van der Waals surface area contributed by atoms with Crippen molar-refractivity contribution >= 4 is 5.95 Å². The monoisotopic (exact) mass is 189 g/mol. The van der Waals surface area contributed by atoms with Crippen LogP contribution in [0.5, 0.6) is 0 Å². The van der Waals surface area contributed by atoms with E-state index in [-0.39, 0.29) is 0 Å². The first-order valence-electron chi connectivity index (χ1n) is 5.05. The van der Waals surface area contributed by atoms with Crippen LogP contribution in [0.1, 0.15) is 24.8 Å². The van der Waals surface area contributed by atoms with Gasteiger partial charge in [0, 0.05) is 18.4 Å². The summed E-state index contributed by atoms with van der Waals surface area (Å²) < 4.78 is 0. The highest BCUT2D eigenvalue weighted by atomic mass is 15.1. The van der Waals surface area contributed by atoms with Gasteiger partial charge in [-0.2, -0.15) is 0 Å². The second-order valence-corrected chi connectivity index (χ2v) is 3.71. The number of allylic oxidation sites excluding steroid dienone is 1. The van der Waals surface area contributed by atoms with Gasteiger partial charge >= 0.3 is 0 Å². The predicted octanol–water partition coefficient (Wildman–Crippen LogP) is 2.31. The Balaban J connectivity index is 1.96. The van der Waals surface area contributed by atoms with Crippen molar-refractivity contribution in [2.75, 3.05) is 5.32 Å². The molecule has 3 heteroatoms. The molecule has 0 fully saturated rings. The zero-order valence-corrected chi connectivity index (χ0v) is 8.40. The predicted molar refractivity (Wildman–Crippen MR) is 57.2 cm³/mol. The Bertz CT molecular complexity index is 316. The maximum atomic E-state index is 4.23. The van der Waals surface area contributed by atoms with Gasteiger partial charge in [-0.05, 0) is 31.7 Å². The maximum Gasteiger partial charge on any atom is 0.222 e. The lowest BCUT2D eigenvalue weighted by Crippen LogP contribution is -2.21. The molecule has 1 N–H and O–H groups in total. The molecule has 1 aromatic heterocycles. The average molecular weight is 189 g/mol. The van der Waals surface area contributed by atoms with Gasteiger partial charge in [0.15, 0.2) is 0 Å². The Kier molecular flexibility index (Phi) is 2.77. The minimum Gasteiger partial charge on any atom is -0.351 e. The Morgan fingerprint density at radius 1 is 1.29 bits per heavy atom. The first-order valence-corrected chi connectivity index (χ1v) is 5.05. The molecule has 1 atom stereocenters. The SMILES string of the molecule is Cc1cnc(NC2CC=CCC2)nc1. The van der Waals surface area contributed by atoms with E-state index >= 15 is 0 Å². The number of hydrogen-bond donors (Lipinski definition) is 1. The lowest BCUT2D eigenvalue weighted by molar-refractivity contribution is 0.639. The number of aromatic nitrogens is 2. The number of aryl methyl sites for hydroxylation is 1. The lowest BCUT2D eigenvalue weighted by atomic mass is 10.0. The average Bonchev–Trinajstić information content (AvgIpc) is 2.23. The molecule has 0 saturated carbocycles. The third-order valence-electron chi connectivity index (χ3n) is 2.38. The molecule has 1 heterocycles. The number of nitrogens with zero attached hydrogens (tertiary/aromatic N) is 2. The molecule has 14 heavy (non-hydrogen) atoms. The van der Waals surface area contributed by atoms with Gasteiger partial charge in [-0.1, -0.05) is 12.2 Å². The Morgan fingerprint density at radius 2 is 2.07 bits per heavy atom. The van der Waals surface area contributed by atoms with Crippen molar-refractivity contribution in [1.82, 2.24) is 9.97 Å². The van der Waals surface area contributed by atoms with Gasteiger partial charge < -0.3 is 5.32 Å². The summed E-state index contributed by atoms with van der Waals surface area (Å²) in [4.78, 5) is 8.45. The molecular weight excluding hydrogens is 174 g/mol. The summed E-state index contributed by atoms with van der Waals surface area (Å²) in [6, 6.07) is 0.503. The summed E-state index contributed by atoms with van der Waals surface area (Å²) in [6.45, 7) is 1.99. The summed E-state index contributed by atoms with van der Waals surface area (Å²) in [7, 11) is 0. The van der Waals surface area contributed by atoms with Crippen LogP contribution in [0, 0.1) is 6.92 Å². The fourth-order valence-electron chi connectivity index (χ4n) is 1.57. The summed E-state index contributed by atoms with van der Waals surface area (Å²) in [5.74, 6) is 0.746. The molecule has 0 spiro atoms. The fraction of sp³-hybridized carbons (Fsp3) is 0.455. The molecule has 0 radical (unpaired) electrons. The number of anilines is 1. The number of nitrogens with one attached hydrogen (secondary N) is 1. The topological polar surface area (TPSA) is 37.8 Å². The Morgan fingerprint density at radius 3 is 2.71 bits per heavy atom. The molecule has 2 rings (SSSR count). The summed E-state index contributed by atoms with van der Waals surface area (Å²) >= 11 is 0. The van der Waals surface area contributed by atoms with Gasteiger partial charge in [0.05, 0.1) is 0 Å². The second-order valence-electron chi connectivity index (χ2n) is 3.71. The number of hydrogen-bond acceptors (Lipinski definition) is 3. The van der Waals surface area contributed by atoms with E-state index in [1.54, 1.807) is 0 Å². The molecule has 1 aliphatic carbocycles. The molecule has 1 aromatic rings. The molecule has 0 saturated heterocycles. The molecule has 0 aromatic carbocycles. The van der Waals surface area contributed by atoms with Crippen molar-refractivity contribution in [2.45, 2.75) is 32.2 Å². The van der Waals surface area contributed by atoms with E-state index in [0.29, 0.717) is 6.04 Å². The molecule has 0 bridgehead atoms. The van der Waals surface area contributed by atoms with E-state index in [4.69, 9.17) is 0 Å². The van der Waals surface area contributed by atoms with Crippen LogP contribution in [0.25, 0.3) is 0 Å². The third-order valence-corrected chi connectivity index (χ3v) is 2.38. The number of rotatable bonds is 2. The molecular formula is C11H15N3. The molecule has 74 valence electrons. The summed E-state index contributed by atoms with van der Waals surface area (Å²) in [5, 5.41) is 3.33. The van der Waals surface area contributed by atoms with Gasteiger partial charge in [0.2, 0.25) is 5.95 Å². The summed E-state index contributed by atoms with van der Waals surface area (Å²) in [6.07, 6.45) is 11.5. The summed E-state index contributed by atoms with van der Waals surface area (Å²) in [5.41, 5.74) is 1.10. The fourth-order valence-corrected chi connectivity index (χ4v) is 1.57. The molecule has 0 amide bonds. The Hall–Kier alpha value is -1.38. The zero-order chi connectivity index (χ0) is 9.80. The molecule has 0 aliphatic heterocycles. The van der Waals surface area contributed by atoms with Crippen LogP contribution in [0.3, 0.4) is 0 Å². The molecule has 1 aliphatic rings. The van der Waals surface area contributed by atoms with Gasteiger partial charge in [-0.3, -0.25) is 0 Å². The van der Waals surface area contributed by atoms with Crippen LogP contribution < -0.4 is 5.32 Å². The smallest absolute Gasteiger partial charge is 0.222 e. The minimum absolute atomic E-state index is 0.503. The van der Waals surface area contributed by atoms with Crippen molar-refractivity contribution < 1.29 is 0 Å².